The molecule has 0 bridgehead atoms. The van der Waals surface area contributed by atoms with Crippen LogP contribution in [-0.2, 0) is 47.4 Å². The number of hydrogen-bond donors (Lipinski definition) is 17. The number of fused-ring (bicyclic) bond motifs is 5. The van der Waals surface area contributed by atoms with Gasteiger partial charge < -0.3 is 134 Å². The van der Waals surface area contributed by atoms with Gasteiger partial charge in [-0.25, -0.2) is 0 Å². The molecule has 498 valence electrons. The zero-order valence-corrected chi connectivity index (χ0v) is 50.5. The van der Waals surface area contributed by atoms with E-state index in [1.165, 1.54) is 0 Å². The molecule has 4 saturated carbocycles. The van der Waals surface area contributed by atoms with Gasteiger partial charge in [0.1, 0.15) is 116 Å². The van der Waals surface area contributed by atoms with Gasteiger partial charge in [-0.2, -0.15) is 0 Å². The van der Waals surface area contributed by atoms with E-state index >= 15 is 0 Å². The summed E-state index contributed by atoms with van der Waals surface area (Å²) in [5.41, 5.74) is -1.90. The maximum absolute atomic E-state index is 12.9. The van der Waals surface area contributed by atoms with Crippen molar-refractivity contribution in [3.63, 3.8) is 0 Å². The summed E-state index contributed by atoms with van der Waals surface area (Å²) >= 11 is 0. The van der Waals surface area contributed by atoms with Crippen LogP contribution in [0.4, 0.5) is 0 Å². The number of hydrogen-bond acceptors (Lipinski definition) is 27. The molecule has 0 spiro atoms. The average molecular weight is 1240 g/mol. The lowest BCUT2D eigenvalue weighted by Gasteiger charge is -2.71. The zero-order chi connectivity index (χ0) is 63.1. The molecule has 5 aliphatic heterocycles. The first-order valence-corrected chi connectivity index (χ1v) is 30.8. The first-order chi connectivity index (χ1) is 40.3. The van der Waals surface area contributed by atoms with Gasteiger partial charge in [0.15, 0.2) is 31.5 Å². The Morgan fingerprint density at radius 2 is 1.02 bits per heavy atom. The van der Waals surface area contributed by atoms with Crippen LogP contribution in [0.3, 0.4) is 0 Å². The van der Waals surface area contributed by atoms with Crippen LogP contribution in [0, 0.1) is 45.3 Å². The molecule has 0 aromatic rings. The van der Waals surface area contributed by atoms with E-state index in [1.807, 2.05) is 20.8 Å². The van der Waals surface area contributed by atoms with Crippen molar-refractivity contribution in [1.82, 2.24) is 0 Å². The van der Waals surface area contributed by atoms with Crippen LogP contribution in [-0.4, -0.2) is 285 Å². The minimum absolute atomic E-state index is 0.0184. The molecule has 27 nitrogen and oxygen atoms in total. The first kappa shape index (κ1) is 69.0. The Labute approximate surface area is 501 Å². The fraction of sp³-hybridized carbons (Fsp3) is 0.966. The SMILES string of the molecule is CC(C)=CCC[C@](C)(O[C@@H]1O[C@H](CO[C@@H]2O[C@H](CO)[C@@H](O)[C@H](O)[C@H]2O)[C@@H](O)[C@H](O)[C@H]1O)[C@H]1CC[C@]2(C)[C@@H]1[C@H](O)C[C@@H]1[C@@]3(C)CC[C@H](O[C@@H]4O[C@H](CO[C@@H]5OC[C@@H](O)[C@H](O)[C@H]5O)[C@@H](O)[C@H](O)[C@H]4O[C@@H]4O[C@H](CO)[C@@H](O)[C@H](O)[C@H]4O)C(C)(C)[C@@H]3CC[C@]12C. The van der Waals surface area contributed by atoms with Crippen LogP contribution in [0.25, 0.3) is 0 Å². The molecule has 34 atom stereocenters. The van der Waals surface area contributed by atoms with Gasteiger partial charge in [0.05, 0.1) is 50.8 Å². The summed E-state index contributed by atoms with van der Waals surface area (Å²) in [6.45, 7) is 14.1. The Morgan fingerprint density at radius 3 is 1.63 bits per heavy atom. The van der Waals surface area contributed by atoms with E-state index in [0.29, 0.717) is 38.5 Å². The summed E-state index contributed by atoms with van der Waals surface area (Å²) in [5.74, 6) is -0.678. The highest BCUT2D eigenvalue weighted by Crippen LogP contribution is 2.76. The smallest absolute Gasteiger partial charge is 0.187 e. The fourth-order valence-corrected chi connectivity index (χ4v) is 17.4. The molecular weight excluding hydrogens is 1140 g/mol. The molecule has 0 radical (unpaired) electrons. The van der Waals surface area contributed by atoms with Crippen molar-refractivity contribution in [3.05, 3.63) is 11.6 Å². The molecular formula is C59H100O27. The fourth-order valence-electron chi connectivity index (χ4n) is 17.4. The minimum Gasteiger partial charge on any atom is -0.394 e. The molecule has 0 aromatic carbocycles. The summed E-state index contributed by atoms with van der Waals surface area (Å²) in [6, 6.07) is 0. The molecule has 86 heavy (non-hydrogen) atoms. The number of ether oxygens (including phenoxy) is 10. The van der Waals surface area contributed by atoms with Gasteiger partial charge in [-0.05, 0) is 124 Å². The van der Waals surface area contributed by atoms with E-state index in [2.05, 4.69) is 40.7 Å². The monoisotopic (exact) mass is 1240 g/mol. The Bertz CT molecular complexity index is 2260. The Hall–Kier alpha value is -1.34. The average Bonchev–Trinajstić information content (AvgIpc) is 1.22. The lowest BCUT2D eigenvalue weighted by molar-refractivity contribution is -0.382. The van der Waals surface area contributed by atoms with Crippen molar-refractivity contribution in [1.29, 1.82) is 0 Å². The summed E-state index contributed by atoms with van der Waals surface area (Å²) in [7, 11) is 0. The number of aliphatic hydroxyl groups is 17. The van der Waals surface area contributed by atoms with E-state index in [-0.39, 0.29) is 41.1 Å². The van der Waals surface area contributed by atoms with Gasteiger partial charge in [-0.15, -0.1) is 0 Å². The second-order valence-electron chi connectivity index (χ2n) is 28.1. The molecule has 0 aromatic heterocycles. The standard InChI is InChI=1S/C59H100O27/c1-24(2)10-9-14-59(8,86-53-48(76)43(71)39(67)30(82-53)23-79-51-46(74)41(69)37(65)28(19-60)80-51)25-11-16-58(7)35(25)26(62)18-33-56(5)15-13-34(55(3,4)32(56)12-17-57(33,58)6)84-54-49(85-52-47(75)42(70)38(66)29(20-61)81-52)44(72)40(68)31(83-54)22-78-50-45(73)36(64)27(63)21-77-50/h10,25-54,60-76H,9,11-23H2,1-8H3/t25-,26+,27+,28+,29+,30+,31+,32-,33+,34-,35-,36-,37+,38+,39+,40+,41-,42-,43-,44-,45+,46+,47+,48+,49+,50-,51+,52-,53-,54-,56-,57+,58+,59-/m0/s1. The van der Waals surface area contributed by atoms with Gasteiger partial charge in [0.2, 0.25) is 0 Å². The number of aliphatic hydroxyl groups excluding tert-OH is 17. The predicted octanol–water partition coefficient (Wildman–Crippen LogP) is -3.74. The summed E-state index contributed by atoms with van der Waals surface area (Å²) in [5, 5.41) is 185. The third-order valence-electron chi connectivity index (χ3n) is 22.6. The van der Waals surface area contributed by atoms with Crippen LogP contribution in [0.1, 0.15) is 113 Å². The molecule has 9 rings (SSSR count). The second kappa shape index (κ2) is 26.6. The van der Waals surface area contributed by atoms with Crippen molar-refractivity contribution >= 4 is 0 Å². The van der Waals surface area contributed by atoms with Crippen molar-refractivity contribution in [3.8, 4) is 0 Å². The van der Waals surface area contributed by atoms with Gasteiger partial charge in [0.25, 0.3) is 0 Å². The Balaban J connectivity index is 0.938. The van der Waals surface area contributed by atoms with E-state index in [9.17, 15) is 86.8 Å². The van der Waals surface area contributed by atoms with Crippen molar-refractivity contribution in [2.24, 2.45) is 45.3 Å². The van der Waals surface area contributed by atoms with Crippen LogP contribution >= 0.6 is 0 Å². The highest BCUT2D eigenvalue weighted by Gasteiger charge is 2.72. The Morgan fingerprint density at radius 1 is 0.512 bits per heavy atom. The Kier molecular flexibility index (Phi) is 21.3. The molecule has 9 fully saturated rings. The van der Waals surface area contributed by atoms with Gasteiger partial charge in [-0.1, -0.05) is 46.3 Å². The summed E-state index contributed by atoms with van der Waals surface area (Å²) in [6.07, 6.45) is -33.0. The van der Waals surface area contributed by atoms with E-state index in [4.69, 9.17) is 47.4 Å². The van der Waals surface area contributed by atoms with Gasteiger partial charge >= 0.3 is 0 Å². The molecule has 0 unspecified atom stereocenters. The lowest BCUT2D eigenvalue weighted by atomic mass is 9.35. The molecule has 0 amide bonds. The maximum Gasteiger partial charge on any atom is 0.187 e. The van der Waals surface area contributed by atoms with E-state index in [1.54, 1.807) is 0 Å². The second-order valence-corrected chi connectivity index (χ2v) is 28.1. The lowest BCUT2D eigenvalue weighted by Crippen LogP contribution is -2.68. The predicted molar refractivity (Wildman–Crippen MR) is 293 cm³/mol. The molecule has 27 heteroatoms. The third kappa shape index (κ3) is 12.4. The van der Waals surface area contributed by atoms with Crippen molar-refractivity contribution in [2.75, 3.05) is 33.0 Å². The molecule has 17 N–H and O–H groups in total. The largest absolute Gasteiger partial charge is 0.394 e. The first-order valence-electron chi connectivity index (χ1n) is 30.8. The number of rotatable bonds is 18. The highest BCUT2D eigenvalue weighted by molar-refractivity contribution is 5.21. The van der Waals surface area contributed by atoms with Crippen molar-refractivity contribution < 1.29 is 134 Å². The zero-order valence-electron chi connectivity index (χ0n) is 50.5. The topological polar surface area (TPSA) is 436 Å². The molecule has 5 saturated heterocycles. The highest BCUT2D eigenvalue weighted by atomic mass is 16.8. The van der Waals surface area contributed by atoms with Crippen LogP contribution in [0.2, 0.25) is 0 Å². The van der Waals surface area contributed by atoms with Crippen LogP contribution < -0.4 is 0 Å². The van der Waals surface area contributed by atoms with Crippen LogP contribution in [0.5, 0.6) is 0 Å². The normalized spacial score (nSPS) is 52.9. The van der Waals surface area contributed by atoms with E-state index in [0.717, 1.165) is 24.8 Å². The molecule has 4 aliphatic carbocycles. The summed E-state index contributed by atoms with van der Waals surface area (Å²) < 4.78 is 60.7. The maximum atomic E-state index is 12.9. The minimum atomic E-state index is -1.89. The third-order valence-corrected chi connectivity index (χ3v) is 22.6. The molecule has 5 heterocycles. The number of allylic oxidation sites excluding steroid dienone is 2. The van der Waals surface area contributed by atoms with Gasteiger partial charge in [-0.3, -0.25) is 0 Å². The van der Waals surface area contributed by atoms with Crippen molar-refractivity contribution in [2.45, 2.75) is 278 Å². The molecule has 9 aliphatic rings. The van der Waals surface area contributed by atoms with Crippen LogP contribution in [0.15, 0.2) is 11.6 Å². The summed E-state index contributed by atoms with van der Waals surface area (Å²) in [4.78, 5) is 0. The quantitative estimate of drug-likeness (QED) is 0.0463. The van der Waals surface area contributed by atoms with Gasteiger partial charge in [0, 0.05) is 0 Å². The van der Waals surface area contributed by atoms with E-state index < -0.39 is 202 Å².